The molecule has 0 saturated carbocycles. The quantitative estimate of drug-likeness (QED) is 0.683. The first kappa shape index (κ1) is 21.5. The number of carbonyl (C=O) groups excluding carboxylic acids is 1. The van der Waals surface area contributed by atoms with Crippen LogP contribution >= 0.6 is 0 Å². The van der Waals surface area contributed by atoms with Crippen LogP contribution in [-0.4, -0.2) is 63.7 Å². The normalized spacial score (nSPS) is 19.7. The van der Waals surface area contributed by atoms with Crippen molar-refractivity contribution < 1.29 is 9.90 Å². The number of hydrogen-bond acceptors (Lipinski definition) is 6. The molecule has 1 unspecified atom stereocenters. The van der Waals surface area contributed by atoms with E-state index in [9.17, 15) is 9.90 Å². The number of aliphatic hydroxyl groups excluding tert-OH is 1. The van der Waals surface area contributed by atoms with Crippen LogP contribution < -0.4 is 10.6 Å². The molecule has 3 N–H and O–H groups in total. The molecule has 0 spiro atoms. The summed E-state index contributed by atoms with van der Waals surface area (Å²) in [4.78, 5) is 26.5. The third kappa shape index (κ3) is 4.50. The molecule has 1 fully saturated rings. The minimum atomic E-state index is -0.539. The highest BCUT2D eigenvalue weighted by Gasteiger charge is 2.42. The number of nitrogens with one attached hydrogen (secondary N) is 2. The van der Waals surface area contributed by atoms with Crippen molar-refractivity contribution in [2.24, 2.45) is 0 Å². The predicted octanol–water partition coefficient (Wildman–Crippen LogP) is 2.48. The van der Waals surface area contributed by atoms with Crippen LogP contribution in [0.2, 0.25) is 0 Å². The van der Waals surface area contributed by atoms with Crippen molar-refractivity contribution in [1.82, 2.24) is 25.1 Å². The molecule has 8 heteroatoms. The number of rotatable bonds is 5. The van der Waals surface area contributed by atoms with Gasteiger partial charge in [-0.1, -0.05) is 30.3 Å². The fourth-order valence-corrected chi connectivity index (χ4v) is 4.42. The SMILES string of the molecule is CN1CCC(Nc2ncc3c(n2)CN(C(=O)NC(CO)c2ccccc2)C3(C)C)CC1. The lowest BCUT2D eigenvalue weighted by Gasteiger charge is -2.33. The second kappa shape index (κ2) is 8.80. The summed E-state index contributed by atoms with van der Waals surface area (Å²) in [5, 5.41) is 16.2. The van der Waals surface area contributed by atoms with Crippen molar-refractivity contribution in [2.75, 3.05) is 32.1 Å². The van der Waals surface area contributed by atoms with Gasteiger partial charge in [0.15, 0.2) is 0 Å². The van der Waals surface area contributed by atoms with Gasteiger partial charge in [-0.05, 0) is 52.4 Å². The van der Waals surface area contributed by atoms with E-state index in [4.69, 9.17) is 4.98 Å². The van der Waals surface area contributed by atoms with E-state index in [0.29, 0.717) is 18.5 Å². The van der Waals surface area contributed by atoms with E-state index in [-0.39, 0.29) is 12.6 Å². The highest BCUT2D eigenvalue weighted by atomic mass is 16.3. The smallest absolute Gasteiger partial charge is 0.319 e. The number of urea groups is 1. The van der Waals surface area contributed by atoms with Gasteiger partial charge in [0.25, 0.3) is 0 Å². The van der Waals surface area contributed by atoms with E-state index >= 15 is 0 Å². The fourth-order valence-electron chi connectivity index (χ4n) is 4.42. The average Bonchev–Trinajstić information content (AvgIpc) is 3.04. The molecule has 2 amide bonds. The zero-order chi connectivity index (χ0) is 22.0. The Morgan fingerprint density at radius 2 is 1.97 bits per heavy atom. The molecule has 0 bridgehead atoms. The third-order valence-corrected chi connectivity index (χ3v) is 6.49. The number of carbonyl (C=O) groups is 1. The zero-order valence-corrected chi connectivity index (χ0v) is 18.5. The Bertz CT molecular complexity index is 912. The number of aromatic nitrogens is 2. The van der Waals surface area contributed by atoms with Crippen molar-refractivity contribution in [3.05, 3.63) is 53.3 Å². The number of nitrogens with zero attached hydrogens (tertiary/aromatic N) is 4. The van der Waals surface area contributed by atoms with Gasteiger partial charge < -0.3 is 25.5 Å². The maximum Gasteiger partial charge on any atom is 0.319 e. The minimum absolute atomic E-state index is 0.165. The van der Waals surface area contributed by atoms with Crippen LogP contribution in [0.5, 0.6) is 0 Å². The number of hydrogen-bond donors (Lipinski definition) is 3. The molecular formula is C23H32N6O2. The average molecular weight is 425 g/mol. The highest BCUT2D eigenvalue weighted by Crippen LogP contribution is 2.38. The molecule has 1 saturated heterocycles. The Hall–Kier alpha value is -2.71. The molecule has 31 heavy (non-hydrogen) atoms. The van der Waals surface area contributed by atoms with Gasteiger partial charge in [-0.3, -0.25) is 0 Å². The standard InChI is InChI=1S/C23H32N6O2/c1-23(2)18-13-24-21(25-17-9-11-28(3)12-10-17)26-19(18)14-29(23)22(31)27-20(15-30)16-7-5-4-6-8-16/h4-8,13,17,20,30H,9-12,14-15H2,1-3H3,(H,27,31)(H,24,25,26). The molecule has 2 aliphatic rings. The number of fused-ring (bicyclic) bond motifs is 1. The topological polar surface area (TPSA) is 93.6 Å². The van der Waals surface area contributed by atoms with Crippen molar-refractivity contribution in [3.8, 4) is 0 Å². The van der Waals surface area contributed by atoms with E-state index < -0.39 is 11.6 Å². The van der Waals surface area contributed by atoms with Crippen LogP contribution in [0.25, 0.3) is 0 Å². The Labute approximate surface area is 183 Å². The Balaban J connectivity index is 1.46. The monoisotopic (exact) mass is 424 g/mol. The van der Waals surface area contributed by atoms with Crippen LogP contribution in [0.4, 0.5) is 10.7 Å². The summed E-state index contributed by atoms with van der Waals surface area (Å²) in [7, 11) is 2.14. The number of benzene rings is 1. The predicted molar refractivity (Wildman–Crippen MR) is 120 cm³/mol. The number of likely N-dealkylation sites (tertiary alicyclic amines) is 1. The van der Waals surface area contributed by atoms with Gasteiger partial charge in [0.1, 0.15) is 0 Å². The van der Waals surface area contributed by atoms with Gasteiger partial charge >= 0.3 is 6.03 Å². The van der Waals surface area contributed by atoms with Crippen LogP contribution in [0.1, 0.15) is 49.6 Å². The summed E-state index contributed by atoms with van der Waals surface area (Å²) < 4.78 is 0. The number of anilines is 1. The van der Waals surface area contributed by atoms with E-state index in [0.717, 1.165) is 42.8 Å². The highest BCUT2D eigenvalue weighted by molar-refractivity contribution is 5.77. The molecule has 3 heterocycles. The zero-order valence-electron chi connectivity index (χ0n) is 18.5. The first-order valence-electron chi connectivity index (χ1n) is 10.9. The summed E-state index contributed by atoms with van der Waals surface area (Å²) in [6.07, 6.45) is 3.98. The van der Waals surface area contributed by atoms with E-state index in [2.05, 4.69) is 27.6 Å². The van der Waals surface area contributed by atoms with E-state index in [1.54, 1.807) is 4.90 Å². The van der Waals surface area contributed by atoms with Crippen LogP contribution in [0, 0.1) is 0 Å². The molecule has 0 aliphatic carbocycles. The maximum atomic E-state index is 13.1. The van der Waals surface area contributed by atoms with Crippen molar-refractivity contribution in [2.45, 2.75) is 50.9 Å². The van der Waals surface area contributed by atoms with Gasteiger partial charge in [0, 0.05) is 17.8 Å². The summed E-state index contributed by atoms with van der Waals surface area (Å²) in [6.45, 7) is 6.38. The second-order valence-electron chi connectivity index (χ2n) is 9.02. The molecule has 1 aromatic heterocycles. The first-order chi connectivity index (χ1) is 14.9. The molecule has 4 rings (SSSR count). The summed E-state index contributed by atoms with van der Waals surface area (Å²) >= 11 is 0. The van der Waals surface area contributed by atoms with Gasteiger partial charge in [0.2, 0.25) is 5.95 Å². The molecule has 1 aromatic carbocycles. The van der Waals surface area contributed by atoms with E-state index in [1.165, 1.54) is 0 Å². The number of aliphatic hydroxyl groups is 1. The van der Waals surface area contributed by atoms with Gasteiger partial charge in [0.05, 0.1) is 30.4 Å². The Morgan fingerprint density at radius 1 is 1.26 bits per heavy atom. The first-order valence-corrected chi connectivity index (χ1v) is 10.9. The number of amides is 2. The molecule has 2 aromatic rings. The van der Waals surface area contributed by atoms with Crippen molar-refractivity contribution in [3.63, 3.8) is 0 Å². The lowest BCUT2D eigenvalue weighted by atomic mass is 9.97. The molecule has 0 radical (unpaired) electrons. The molecule has 1 atom stereocenters. The summed E-state index contributed by atoms with van der Waals surface area (Å²) in [5.41, 5.74) is 2.15. The summed E-state index contributed by atoms with van der Waals surface area (Å²) in [6, 6.07) is 9.20. The largest absolute Gasteiger partial charge is 0.394 e. The van der Waals surface area contributed by atoms with Crippen LogP contribution in [0.3, 0.4) is 0 Å². The molecule has 8 nitrogen and oxygen atoms in total. The minimum Gasteiger partial charge on any atom is -0.394 e. The molecule has 166 valence electrons. The van der Waals surface area contributed by atoms with Crippen molar-refractivity contribution >= 4 is 12.0 Å². The maximum absolute atomic E-state index is 13.1. The van der Waals surface area contributed by atoms with E-state index in [1.807, 2.05) is 50.4 Å². The summed E-state index contributed by atoms with van der Waals surface area (Å²) in [5.74, 6) is 0.629. The van der Waals surface area contributed by atoms with Gasteiger partial charge in [-0.2, -0.15) is 0 Å². The van der Waals surface area contributed by atoms with Crippen molar-refractivity contribution in [1.29, 1.82) is 0 Å². The Kier molecular flexibility index (Phi) is 6.11. The number of piperidine rings is 1. The van der Waals surface area contributed by atoms with Gasteiger partial charge in [-0.25, -0.2) is 14.8 Å². The lowest BCUT2D eigenvalue weighted by molar-refractivity contribution is 0.136. The third-order valence-electron chi connectivity index (χ3n) is 6.49. The lowest BCUT2D eigenvalue weighted by Crippen LogP contribution is -2.47. The Morgan fingerprint density at radius 3 is 2.65 bits per heavy atom. The van der Waals surface area contributed by atoms with Crippen LogP contribution in [-0.2, 0) is 12.1 Å². The van der Waals surface area contributed by atoms with Gasteiger partial charge in [-0.15, -0.1) is 0 Å². The molecular weight excluding hydrogens is 392 g/mol. The fraction of sp³-hybridized carbons (Fsp3) is 0.522. The second-order valence-corrected chi connectivity index (χ2v) is 9.02. The van der Waals surface area contributed by atoms with Crippen LogP contribution in [0.15, 0.2) is 36.5 Å². The molecule has 2 aliphatic heterocycles.